The fourth-order valence-electron chi connectivity index (χ4n) is 0.610. The number of hydrogen-bond acceptors (Lipinski definition) is 4. The van der Waals surface area contributed by atoms with Gasteiger partial charge in [0.15, 0.2) is 0 Å². The Balaban J connectivity index is 0. The molecule has 0 bridgehead atoms. The van der Waals surface area contributed by atoms with Crippen LogP contribution in [-0.4, -0.2) is 0 Å². The van der Waals surface area contributed by atoms with Crippen LogP contribution in [-0.2, 0) is 11.8 Å². The van der Waals surface area contributed by atoms with E-state index in [9.17, 15) is 9.79 Å². The van der Waals surface area contributed by atoms with Crippen molar-refractivity contribution in [2.24, 2.45) is 0 Å². The predicted molar refractivity (Wildman–Crippen MR) is 53.3 cm³/mol. The Morgan fingerprint density at radius 3 is 1.92 bits per heavy atom. The maximum Gasteiger partial charge on any atom is 0.120 e. The topological polar surface area (TPSA) is 128 Å². The summed E-state index contributed by atoms with van der Waals surface area (Å²) in [7, 11) is 0. The first kappa shape index (κ1) is 15.0. The molecule has 7 heteroatoms. The van der Waals surface area contributed by atoms with Crippen molar-refractivity contribution in [1.82, 2.24) is 12.3 Å². The molecule has 0 radical (unpaired) electrons. The molecule has 0 fully saturated rings. The molecule has 0 amide bonds. The Morgan fingerprint density at radius 2 is 1.54 bits per heavy atom. The average Bonchev–Trinajstić information content (AvgIpc) is 1.85. The first-order valence-electron chi connectivity index (χ1n) is 2.85. The van der Waals surface area contributed by atoms with E-state index in [1.54, 1.807) is 18.2 Å². The van der Waals surface area contributed by atoms with E-state index in [1.165, 1.54) is 12.1 Å². The van der Waals surface area contributed by atoms with E-state index in [0.717, 1.165) is 0 Å². The number of hydrogen-bond donors (Lipinski definition) is 2. The minimum Gasteiger partial charge on any atom is -0.803 e. The highest BCUT2D eigenvalue weighted by atomic mass is 32.5. The molecule has 0 saturated heterocycles. The Labute approximate surface area is 81.8 Å². The highest BCUT2D eigenvalue weighted by molar-refractivity contribution is 8.05. The van der Waals surface area contributed by atoms with Gasteiger partial charge in [-0.3, -0.25) is 0 Å². The second-order valence-electron chi connectivity index (χ2n) is 1.85. The van der Waals surface area contributed by atoms with Gasteiger partial charge in [-0.15, -0.1) is 0 Å². The van der Waals surface area contributed by atoms with Crippen LogP contribution in [0, 0.1) is 0 Å². The van der Waals surface area contributed by atoms with Gasteiger partial charge in [0.2, 0.25) is 0 Å². The average molecular weight is 224 g/mol. The molecule has 0 atom stereocenters. The molecule has 1 aromatic carbocycles. The van der Waals surface area contributed by atoms with Crippen LogP contribution < -0.4 is 26.6 Å². The van der Waals surface area contributed by atoms with Gasteiger partial charge < -0.3 is 26.6 Å². The van der Waals surface area contributed by atoms with Crippen LogP contribution in [0.2, 0.25) is 0 Å². The molecule has 0 aliphatic carbocycles. The largest absolute Gasteiger partial charge is 0.803 e. The smallest absolute Gasteiger partial charge is 0.120 e. The fraction of sp³-hybridized carbons (Fsp3) is 0. The Kier molecular flexibility index (Phi) is 6.97. The lowest BCUT2D eigenvalue weighted by atomic mass is 10.3. The SMILES string of the molecule is [NH4+].[NH4+].[O-]P([O-])(=S)Oc1ccccc1. The molecule has 0 heterocycles. The van der Waals surface area contributed by atoms with Crippen molar-refractivity contribution < 1.29 is 14.3 Å². The summed E-state index contributed by atoms with van der Waals surface area (Å²) in [6.45, 7) is -4.05. The summed E-state index contributed by atoms with van der Waals surface area (Å²) in [6.07, 6.45) is 0. The van der Waals surface area contributed by atoms with E-state index >= 15 is 0 Å². The van der Waals surface area contributed by atoms with Crippen molar-refractivity contribution in [3.05, 3.63) is 30.3 Å². The molecule has 0 aliphatic rings. The van der Waals surface area contributed by atoms with Crippen molar-refractivity contribution in [2.45, 2.75) is 0 Å². The molecule has 76 valence electrons. The second-order valence-corrected chi connectivity index (χ2v) is 4.27. The van der Waals surface area contributed by atoms with Gasteiger partial charge in [-0.2, -0.15) is 0 Å². The molecule has 0 spiro atoms. The van der Waals surface area contributed by atoms with Crippen LogP contribution in [0.25, 0.3) is 0 Å². The Morgan fingerprint density at radius 1 is 1.08 bits per heavy atom. The zero-order chi connectivity index (χ0) is 8.32. The molecule has 1 aromatic rings. The third kappa shape index (κ3) is 6.65. The molecule has 1 rings (SSSR count). The van der Waals surface area contributed by atoms with E-state index in [2.05, 4.69) is 16.3 Å². The minimum absolute atomic E-state index is 0. The van der Waals surface area contributed by atoms with Crippen molar-refractivity contribution in [3.63, 3.8) is 0 Å². The van der Waals surface area contributed by atoms with Crippen molar-refractivity contribution in [2.75, 3.05) is 0 Å². The van der Waals surface area contributed by atoms with Gasteiger partial charge >= 0.3 is 0 Å². The molecular weight excluding hydrogens is 211 g/mol. The first-order valence-corrected chi connectivity index (χ1v) is 5.40. The minimum atomic E-state index is -4.05. The van der Waals surface area contributed by atoms with Crippen LogP contribution in [0.15, 0.2) is 30.3 Å². The summed E-state index contributed by atoms with van der Waals surface area (Å²) in [5.41, 5.74) is 0. The van der Waals surface area contributed by atoms with Gasteiger partial charge in [0.25, 0.3) is 0 Å². The molecule has 8 N–H and O–H groups in total. The lowest BCUT2D eigenvalue weighted by molar-refractivity contribution is -0.313. The first-order chi connectivity index (χ1) is 5.08. The monoisotopic (exact) mass is 224 g/mol. The Bertz CT molecular complexity index is 276. The molecule has 0 aliphatic heterocycles. The standard InChI is InChI=1S/C6H7O3PS.2H3N/c7-10(8,11)9-6-4-2-1-3-5-6;;/h1-5H,(H2,7,8,11);2*1H3. The van der Waals surface area contributed by atoms with E-state index in [1.807, 2.05) is 0 Å². The summed E-state index contributed by atoms with van der Waals surface area (Å²) in [5.74, 6) is 0.251. The van der Waals surface area contributed by atoms with Crippen LogP contribution >= 0.6 is 6.72 Å². The van der Waals surface area contributed by atoms with E-state index in [-0.39, 0.29) is 18.1 Å². The van der Waals surface area contributed by atoms with Gasteiger partial charge in [0.05, 0.1) is 0 Å². The summed E-state index contributed by atoms with van der Waals surface area (Å²) in [6, 6.07) is 8.14. The summed E-state index contributed by atoms with van der Waals surface area (Å²) in [5, 5.41) is 0. The van der Waals surface area contributed by atoms with Crippen LogP contribution in [0.3, 0.4) is 0 Å². The molecule has 0 aromatic heterocycles. The van der Waals surface area contributed by atoms with Gasteiger partial charge in [-0.05, 0) is 18.9 Å². The second kappa shape index (κ2) is 6.04. The Hall–Kier alpha value is -0.490. The van der Waals surface area contributed by atoms with Crippen LogP contribution in [0.4, 0.5) is 0 Å². The maximum absolute atomic E-state index is 10.4. The van der Waals surface area contributed by atoms with Gasteiger partial charge in [-0.25, -0.2) is 0 Å². The lowest BCUT2D eigenvalue weighted by Gasteiger charge is -2.34. The van der Waals surface area contributed by atoms with Crippen molar-refractivity contribution >= 4 is 18.5 Å². The van der Waals surface area contributed by atoms with Crippen LogP contribution in [0.1, 0.15) is 0 Å². The fourth-order valence-corrected chi connectivity index (χ4v) is 1.25. The number of quaternary nitrogens is 2. The van der Waals surface area contributed by atoms with Crippen LogP contribution in [0.5, 0.6) is 5.75 Å². The van der Waals surface area contributed by atoms with E-state index < -0.39 is 6.72 Å². The number of rotatable bonds is 2. The maximum atomic E-state index is 10.4. The number of para-hydroxylation sites is 1. The van der Waals surface area contributed by atoms with Gasteiger partial charge in [0, 0.05) is 0 Å². The predicted octanol–water partition coefficient (Wildman–Crippen LogP) is 0.763. The third-order valence-electron chi connectivity index (χ3n) is 0.960. The lowest BCUT2D eigenvalue weighted by Crippen LogP contribution is -2.18. The summed E-state index contributed by atoms with van der Waals surface area (Å²) in [4.78, 5) is 20.8. The van der Waals surface area contributed by atoms with E-state index in [4.69, 9.17) is 0 Å². The zero-order valence-corrected chi connectivity index (χ0v) is 9.18. The molecule has 13 heavy (non-hydrogen) atoms. The van der Waals surface area contributed by atoms with Crippen molar-refractivity contribution in [1.29, 1.82) is 0 Å². The quantitative estimate of drug-likeness (QED) is 0.718. The molecular formula is C6H13N2O3PS. The summed E-state index contributed by atoms with van der Waals surface area (Å²) < 4.78 is 4.42. The highest BCUT2D eigenvalue weighted by Crippen LogP contribution is 2.28. The van der Waals surface area contributed by atoms with Gasteiger partial charge in [-0.1, -0.05) is 30.0 Å². The van der Waals surface area contributed by atoms with E-state index in [0.29, 0.717) is 0 Å². The highest BCUT2D eigenvalue weighted by Gasteiger charge is 1.89. The number of benzene rings is 1. The molecule has 0 unspecified atom stereocenters. The normalized spacial score (nSPS) is 9.38. The molecule has 0 saturated carbocycles. The molecule has 5 nitrogen and oxygen atoms in total. The zero-order valence-electron chi connectivity index (χ0n) is 7.47. The van der Waals surface area contributed by atoms with Gasteiger partial charge in [0.1, 0.15) is 5.75 Å². The third-order valence-corrected chi connectivity index (χ3v) is 1.62. The summed E-state index contributed by atoms with van der Waals surface area (Å²) >= 11 is 4.04. The van der Waals surface area contributed by atoms with Crippen molar-refractivity contribution in [3.8, 4) is 5.75 Å².